The van der Waals surface area contributed by atoms with Crippen molar-refractivity contribution in [3.05, 3.63) is 77.9 Å². The molecule has 0 bridgehead atoms. The van der Waals surface area contributed by atoms with Gasteiger partial charge in [-0.2, -0.15) is 0 Å². The number of aliphatic hydroxyl groups is 2. The lowest BCUT2D eigenvalue weighted by atomic mass is 9.99. The lowest BCUT2D eigenvalue weighted by molar-refractivity contribution is -0.0449. The molecule has 4 heteroatoms. The number of hydrogen-bond acceptors (Lipinski definition) is 2. The molecule has 0 atom stereocenters. The van der Waals surface area contributed by atoms with Gasteiger partial charge in [0.05, 0.1) is 0 Å². The van der Waals surface area contributed by atoms with Crippen molar-refractivity contribution < 1.29 is 19.0 Å². The first kappa shape index (κ1) is 16.1. The number of hydrogen-bond donors (Lipinski definition) is 2. The molecule has 0 aromatic heterocycles. The van der Waals surface area contributed by atoms with E-state index in [1.165, 1.54) is 12.1 Å². The van der Waals surface area contributed by atoms with Crippen LogP contribution in [-0.2, 0) is 0 Å². The highest BCUT2D eigenvalue weighted by atomic mass is 19.1. The van der Waals surface area contributed by atoms with Crippen LogP contribution in [0.4, 0.5) is 8.78 Å². The molecule has 2 aromatic rings. The van der Waals surface area contributed by atoms with E-state index in [0.29, 0.717) is 16.7 Å². The number of aliphatic hydroxyl groups excluding tert-OH is 1. The fourth-order valence-electron chi connectivity index (χ4n) is 2.24. The zero-order chi connectivity index (χ0) is 16.3. The third kappa shape index (κ3) is 3.30. The molecule has 0 unspecified atom stereocenters. The summed E-state index contributed by atoms with van der Waals surface area (Å²) in [6, 6.07) is 11.1. The van der Waals surface area contributed by atoms with Crippen LogP contribution in [0.25, 0.3) is 16.7 Å². The minimum absolute atomic E-state index is 0.176. The van der Waals surface area contributed by atoms with E-state index in [1.807, 2.05) is 0 Å². The molecule has 114 valence electrons. The van der Waals surface area contributed by atoms with Crippen molar-refractivity contribution in [1.82, 2.24) is 0 Å². The molecule has 22 heavy (non-hydrogen) atoms. The molecule has 2 aromatic carbocycles. The van der Waals surface area contributed by atoms with Gasteiger partial charge in [-0.3, -0.25) is 0 Å². The van der Waals surface area contributed by atoms with Gasteiger partial charge in [0, 0.05) is 11.1 Å². The Kier molecular flexibility index (Phi) is 4.85. The first-order valence-electron chi connectivity index (χ1n) is 6.71. The Morgan fingerprint density at radius 3 is 2.14 bits per heavy atom. The highest BCUT2D eigenvalue weighted by Gasteiger charge is 2.11. The summed E-state index contributed by atoms with van der Waals surface area (Å²) in [6.07, 6.45) is -0.210. The fourth-order valence-corrected chi connectivity index (χ4v) is 2.24. The van der Waals surface area contributed by atoms with Gasteiger partial charge in [0.25, 0.3) is 0 Å². The second-order valence-electron chi connectivity index (χ2n) is 4.79. The zero-order valence-electron chi connectivity index (χ0n) is 12.1. The summed E-state index contributed by atoms with van der Waals surface area (Å²) >= 11 is 0. The minimum Gasteiger partial charge on any atom is -0.364 e. The van der Waals surface area contributed by atoms with E-state index >= 15 is 0 Å². The molecule has 0 spiro atoms. The lowest BCUT2D eigenvalue weighted by Gasteiger charge is -2.09. The van der Waals surface area contributed by atoms with E-state index < -0.39 is 17.9 Å². The molecule has 2 rings (SSSR count). The van der Waals surface area contributed by atoms with Crippen LogP contribution in [0.2, 0.25) is 0 Å². The molecule has 0 fully saturated rings. The molecule has 0 radical (unpaired) electrons. The maximum absolute atomic E-state index is 13.8. The van der Waals surface area contributed by atoms with Crippen molar-refractivity contribution in [2.75, 3.05) is 0 Å². The van der Waals surface area contributed by atoms with Gasteiger partial charge in [-0.25, -0.2) is 8.78 Å². The molecular formula is C18H16F2O2. The van der Waals surface area contributed by atoms with Crippen LogP contribution in [0.15, 0.2) is 60.9 Å². The number of benzene rings is 2. The Bertz CT molecular complexity index is 716. The van der Waals surface area contributed by atoms with E-state index in [-0.39, 0.29) is 5.56 Å². The van der Waals surface area contributed by atoms with Crippen molar-refractivity contribution in [1.29, 1.82) is 0 Å². The first-order valence-corrected chi connectivity index (χ1v) is 6.71. The number of allylic oxidation sites excluding steroid dienone is 3. The van der Waals surface area contributed by atoms with Gasteiger partial charge in [-0.15, -0.1) is 0 Å². The largest absolute Gasteiger partial charge is 0.364 e. The average Bonchev–Trinajstić information content (AvgIpc) is 2.47. The third-order valence-corrected chi connectivity index (χ3v) is 3.39. The summed E-state index contributed by atoms with van der Waals surface area (Å²) in [5, 5.41) is 18.0. The summed E-state index contributed by atoms with van der Waals surface area (Å²) in [6.45, 7) is 5.01. The van der Waals surface area contributed by atoms with Crippen molar-refractivity contribution in [2.24, 2.45) is 0 Å². The predicted molar refractivity (Wildman–Crippen MR) is 82.9 cm³/mol. The van der Waals surface area contributed by atoms with Gasteiger partial charge >= 0.3 is 0 Å². The maximum atomic E-state index is 13.8. The van der Waals surface area contributed by atoms with E-state index in [0.717, 1.165) is 5.56 Å². The van der Waals surface area contributed by atoms with Gasteiger partial charge in [-0.1, -0.05) is 49.1 Å². The molecule has 0 amide bonds. The molecule has 2 nitrogen and oxygen atoms in total. The quantitative estimate of drug-likeness (QED) is 0.650. The Morgan fingerprint density at radius 1 is 1.09 bits per heavy atom. The van der Waals surface area contributed by atoms with E-state index in [2.05, 4.69) is 6.58 Å². The van der Waals surface area contributed by atoms with Gasteiger partial charge in [0.15, 0.2) is 6.29 Å². The predicted octanol–water partition coefficient (Wildman–Crippen LogP) is 4.36. The molecule has 0 aliphatic rings. The Morgan fingerprint density at radius 2 is 1.68 bits per heavy atom. The van der Waals surface area contributed by atoms with E-state index in [9.17, 15) is 8.78 Å². The molecular weight excluding hydrogens is 286 g/mol. The van der Waals surface area contributed by atoms with Crippen LogP contribution in [0.1, 0.15) is 24.3 Å². The van der Waals surface area contributed by atoms with Crippen molar-refractivity contribution in [2.45, 2.75) is 13.2 Å². The molecule has 0 saturated carbocycles. The van der Waals surface area contributed by atoms with Crippen molar-refractivity contribution >= 4 is 5.57 Å². The summed E-state index contributed by atoms with van der Waals surface area (Å²) in [5.41, 5.74) is 2.25. The summed E-state index contributed by atoms with van der Waals surface area (Å²) in [5.74, 6) is -1.20. The maximum Gasteiger partial charge on any atom is 0.181 e. The highest BCUT2D eigenvalue weighted by Crippen LogP contribution is 2.28. The summed E-state index contributed by atoms with van der Waals surface area (Å²) in [4.78, 5) is 0. The summed E-state index contributed by atoms with van der Waals surface area (Å²) in [7, 11) is 0. The lowest BCUT2D eigenvalue weighted by Crippen LogP contribution is -1.98. The second-order valence-corrected chi connectivity index (χ2v) is 4.79. The van der Waals surface area contributed by atoms with Gasteiger partial charge < -0.3 is 10.2 Å². The monoisotopic (exact) mass is 302 g/mol. The van der Waals surface area contributed by atoms with Crippen molar-refractivity contribution in [3.8, 4) is 11.1 Å². The van der Waals surface area contributed by atoms with Gasteiger partial charge in [0.2, 0.25) is 0 Å². The van der Waals surface area contributed by atoms with Crippen LogP contribution < -0.4 is 0 Å². The topological polar surface area (TPSA) is 40.5 Å². The van der Waals surface area contributed by atoms with Crippen LogP contribution in [-0.4, -0.2) is 10.2 Å². The van der Waals surface area contributed by atoms with Crippen molar-refractivity contribution in [3.63, 3.8) is 0 Å². The van der Waals surface area contributed by atoms with Crippen LogP contribution >= 0.6 is 0 Å². The first-order chi connectivity index (χ1) is 10.4. The summed E-state index contributed by atoms with van der Waals surface area (Å²) < 4.78 is 27.1. The van der Waals surface area contributed by atoms with Gasteiger partial charge in [0.1, 0.15) is 11.6 Å². The second kappa shape index (κ2) is 6.64. The molecule has 0 aliphatic carbocycles. The number of halogens is 2. The van der Waals surface area contributed by atoms with E-state index in [4.69, 9.17) is 10.2 Å². The van der Waals surface area contributed by atoms with Gasteiger partial charge in [-0.05, 0) is 29.7 Å². The standard InChI is InChI=1S/C18H16F2O2/c1-3-15(11(2)19)13-6-4-12(5-7-13)14-8-9-16(18(21)22)17(20)10-14/h3-10,18,21-22H,2H2,1H3/b15-3+. The smallest absolute Gasteiger partial charge is 0.181 e. The Balaban J connectivity index is 2.35. The molecule has 0 saturated heterocycles. The SMILES string of the molecule is C=C(F)/C(=C\C)c1ccc(-c2ccc(C(O)O)c(F)c2)cc1. The highest BCUT2D eigenvalue weighted by molar-refractivity contribution is 5.77. The fraction of sp³-hybridized carbons (Fsp3) is 0.111. The zero-order valence-corrected chi connectivity index (χ0v) is 12.1. The van der Waals surface area contributed by atoms with Crippen LogP contribution in [0, 0.1) is 5.82 Å². The third-order valence-electron chi connectivity index (χ3n) is 3.39. The van der Waals surface area contributed by atoms with Crippen LogP contribution in [0.3, 0.4) is 0 Å². The number of rotatable bonds is 4. The Labute approximate surface area is 127 Å². The Hall–Kier alpha value is -2.30. The normalized spacial score (nSPS) is 11.8. The molecule has 0 heterocycles. The van der Waals surface area contributed by atoms with Crippen LogP contribution in [0.5, 0.6) is 0 Å². The average molecular weight is 302 g/mol. The minimum atomic E-state index is -1.84. The molecule has 2 N–H and O–H groups in total. The molecule has 0 aliphatic heterocycles. The van der Waals surface area contributed by atoms with E-state index in [1.54, 1.807) is 43.3 Å².